The number of benzene rings is 1. The summed E-state index contributed by atoms with van der Waals surface area (Å²) in [5.41, 5.74) is -0.0336. The van der Waals surface area contributed by atoms with Gasteiger partial charge in [-0.3, -0.25) is 14.9 Å². The molecule has 0 aromatic heterocycles. The number of carbonyl (C=O) groups is 1. The summed E-state index contributed by atoms with van der Waals surface area (Å²) in [6.07, 6.45) is 0.461. The van der Waals surface area contributed by atoms with Gasteiger partial charge in [0.2, 0.25) is 0 Å². The minimum atomic E-state index is -0.959. The molecule has 0 saturated heterocycles. The Morgan fingerprint density at radius 2 is 2.11 bits per heavy atom. The Labute approximate surface area is 115 Å². The van der Waals surface area contributed by atoms with Crippen molar-refractivity contribution >= 4 is 23.6 Å². The van der Waals surface area contributed by atoms with Crippen molar-refractivity contribution in [3.8, 4) is 0 Å². The lowest BCUT2D eigenvalue weighted by molar-refractivity contribution is -0.387. The molecule has 0 aliphatic rings. The quantitative estimate of drug-likeness (QED) is 0.454. The summed E-state index contributed by atoms with van der Waals surface area (Å²) >= 11 is 0.981. The Bertz CT molecular complexity index is 465. The van der Waals surface area contributed by atoms with E-state index in [9.17, 15) is 14.9 Å². The highest BCUT2D eigenvalue weighted by Crippen LogP contribution is 2.27. The maximum Gasteiger partial charge on any atom is 0.321 e. The number of nitro groups is 1. The van der Waals surface area contributed by atoms with Gasteiger partial charge in [0.1, 0.15) is 10.9 Å². The van der Waals surface area contributed by atoms with E-state index >= 15 is 0 Å². The first-order valence-corrected chi connectivity index (χ1v) is 6.62. The predicted molar refractivity (Wildman–Crippen MR) is 73.0 cm³/mol. The number of aliphatic carboxylic acids is 1. The van der Waals surface area contributed by atoms with Crippen molar-refractivity contribution in [2.24, 2.45) is 5.92 Å². The minimum Gasteiger partial charge on any atom is -0.480 e. The van der Waals surface area contributed by atoms with E-state index in [1.165, 1.54) is 6.07 Å². The van der Waals surface area contributed by atoms with E-state index in [0.29, 0.717) is 11.3 Å². The molecule has 0 spiro atoms. The van der Waals surface area contributed by atoms with Crippen LogP contribution in [0.3, 0.4) is 0 Å². The number of carboxylic acids is 1. The molecule has 0 amide bonds. The number of para-hydroxylation sites is 1. The molecular formula is C12H16N2O4S. The number of nitro benzene ring substituents is 1. The lowest BCUT2D eigenvalue weighted by atomic mass is 10.1. The van der Waals surface area contributed by atoms with Crippen molar-refractivity contribution in [1.29, 1.82) is 0 Å². The standard InChI is InChI=1S/C12H16N2O4S/c1-8(2)7-9(12(15)16)13-19-11-6-4-3-5-10(11)14(17)18/h3-6,8-9,13H,7H2,1-2H3,(H,15,16)/t9-/m0/s1. The number of nitrogens with one attached hydrogen (secondary N) is 1. The van der Waals surface area contributed by atoms with Crippen LogP contribution in [0.15, 0.2) is 29.2 Å². The summed E-state index contributed by atoms with van der Waals surface area (Å²) in [4.78, 5) is 21.8. The second kappa shape index (κ2) is 7.10. The van der Waals surface area contributed by atoms with Crippen LogP contribution in [0.5, 0.6) is 0 Å². The van der Waals surface area contributed by atoms with Gasteiger partial charge in [0, 0.05) is 6.07 Å². The van der Waals surface area contributed by atoms with E-state index in [0.717, 1.165) is 11.9 Å². The molecule has 0 unspecified atom stereocenters. The largest absolute Gasteiger partial charge is 0.480 e. The Morgan fingerprint density at radius 3 is 2.63 bits per heavy atom. The van der Waals surface area contributed by atoms with E-state index in [1.807, 2.05) is 13.8 Å². The molecule has 0 fully saturated rings. The summed E-state index contributed by atoms with van der Waals surface area (Å²) < 4.78 is 2.77. The van der Waals surface area contributed by atoms with Gasteiger partial charge in [0.15, 0.2) is 0 Å². The lowest BCUT2D eigenvalue weighted by Gasteiger charge is -2.15. The van der Waals surface area contributed by atoms with Crippen LogP contribution >= 0.6 is 11.9 Å². The van der Waals surface area contributed by atoms with Gasteiger partial charge < -0.3 is 5.11 Å². The average Bonchev–Trinajstić information content (AvgIpc) is 2.34. The minimum absolute atomic E-state index is 0.0336. The predicted octanol–water partition coefficient (Wildman–Crippen LogP) is 2.69. The fourth-order valence-corrected chi connectivity index (χ4v) is 2.36. The van der Waals surface area contributed by atoms with Crippen LogP contribution in [0.2, 0.25) is 0 Å². The summed E-state index contributed by atoms with van der Waals surface area (Å²) in [5.74, 6) is -0.736. The Kier molecular flexibility index (Phi) is 5.78. The molecule has 6 nitrogen and oxygen atoms in total. The van der Waals surface area contributed by atoms with Crippen molar-refractivity contribution in [3.63, 3.8) is 0 Å². The third-order valence-corrected chi connectivity index (χ3v) is 3.35. The smallest absolute Gasteiger partial charge is 0.321 e. The summed E-state index contributed by atoms with van der Waals surface area (Å²) in [6, 6.07) is 5.50. The number of hydrogen-bond donors (Lipinski definition) is 2. The maximum atomic E-state index is 11.1. The number of carboxylic acid groups (broad SMARTS) is 1. The van der Waals surface area contributed by atoms with Gasteiger partial charge in [-0.05, 0) is 30.4 Å². The fraction of sp³-hybridized carbons (Fsp3) is 0.417. The first-order valence-electron chi connectivity index (χ1n) is 5.80. The van der Waals surface area contributed by atoms with Crippen LogP contribution in [0, 0.1) is 16.0 Å². The zero-order valence-electron chi connectivity index (χ0n) is 10.7. The first-order chi connectivity index (χ1) is 8.91. The van der Waals surface area contributed by atoms with Gasteiger partial charge >= 0.3 is 5.97 Å². The average molecular weight is 284 g/mol. The molecule has 0 bridgehead atoms. The SMILES string of the molecule is CC(C)C[C@H](NSc1ccccc1[N+](=O)[O-])C(=O)O. The van der Waals surface area contributed by atoms with Crippen LogP contribution in [-0.2, 0) is 4.79 Å². The number of nitrogens with zero attached hydrogens (tertiary/aromatic N) is 1. The molecule has 19 heavy (non-hydrogen) atoms. The molecule has 0 saturated carbocycles. The summed E-state index contributed by atoms with van der Waals surface area (Å²) in [6.45, 7) is 3.85. The fourth-order valence-electron chi connectivity index (χ4n) is 1.50. The molecule has 7 heteroatoms. The summed E-state index contributed by atoms with van der Waals surface area (Å²) in [5, 5.41) is 19.9. The third-order valence-electron chi connectivity index (χ3n) is 2.38. The van der Waals surface area contributed by atoms with Gasteiger partial charge in [0.25, 0.3) is 5.69 Å². The molecule has 2 N–H and O–H groups in total. The molecule has 0 aliphatic heterocycles. The highest BCUT2D eigenvalue weighted by molar-refractivity contribution is 7.97. The van der Waals surface area contributed by atoms with E-state index < -0.39 is 16.9 Å². The van der Waals surface area contributed by atoms with Gasteiger partial charge in [-0.2, -0.15) is 0 Å². The molecule has 104 valence electrons. The van der Waals surface area contributed by atoms with Gasteiger partial charge in [0.05, 0.1) is 4.92 Å². The lowest BCUT2D eigenvalue weighted by Crippen LogP contribution is -2.33. The Hall–Kier alpha value is -1.60. The zero-order chi connectivity index (χ0) is 14.4. The first kappa shape index (κ1) is 15.5. The highest BCUT2D eigenvalue weighted by Gasteiger charge is 2.20. The van der Waals surface area contributed by atoms with E-state index in [1.54, 1.807) is 18.2 Å². The molecule has 0 radical (unpaired) electrons. The van der Waals surface area contributed by atoms with Crippen LogP contribution in [0.25, 0.3) is 0 Å². The van der Waals surface area contributed by atoms with Crippen molar-refractivity contribution in [1.82, 2.24) is 4.72 Å². The molecule has 1 aromatic rings. The zero-order valence-corrected chi connectivity index (χ0v) is 11.5. The van der Waals surface area contributed by atoms with Gasteiger partial charge in [-0.1, -0.05) is 26.0 Å². The second-order valence-electron chi connectivity index (χ2n) is 4.47. The van der Waals surface area contributed by atoms with Crippen LogP contribution in [-0.4, -0.2) is 22.0 Å². The monoisotopic (exact) mass is 284 g/mol. The van der Waals surface area contributed by atoms with E-state index in [-0.39, 0.29) is 11.6 Å². The number of rotatable bonds is 7. The van der Waals surface area contributed by atoms with Crippen molar-refractivity contribution < 1.29 is 14.8 Å². The molecule has 1 atom stereocenters. The molecule has 0 heterocycles. The third kappa shape index (κ3) is 4.88. The molecular weight excluding hydrogens is 268 g/mol. The van der Waals surface area contributed by atoms with Crippen LogP contribution in [0.1, 0.15) is 20.3 Å². The van der Waals surface area contributed by atoms with E-state index in [2.05, 4.69) is 4.72 Å². The van der Waals surface area contributed by atoms with Crippen molar-refractivity contribution in [3.05, 3.63) is 34.4 Å². The second-order valence-corrected chi connectivity index (χ2v) is 5.34. The summed E-state index contributed by atoms with van der Waals surface area (Å²) in [7, 11) is 0. The van der Waals surface area contributed by atoms with Gasteiger partial charge in [-0.15, -0.1) is 0 Å². The molecule has 0 aliphatic carbocycles. The normalized spacial score (nSPS) is 12.4. The maximum absolute atomic E-state index is 11.1. The van der Waals surface area contributed by atoms with Crippen molar-refractivity contribution in [2.75, 3.05) is 0 Å². The Balaban J connectivity index is 2.74. The van der Waals surface area contributed by atoms with E-state index in [4.69, 9.17) is 5.11 Å². The highest BCUT2D eigenvalue weighted by atomic mass is 32.2. The Morgan fingerprint density at radius 1 is 1.47 bits per heavy atom. The molecule has 1 rings (SSSR count). The number of hydrogen-bond acceptors (Lipinski definition) is 5. The van der Waals surface area contributed by atoms with Crippen molar-refractivity contribution in [2.45, 2.75) is 31.2 Å². The van der Waals surface area contributed by atoms with Crippen LogP contribution in [0.4, 0.5) is 5.69 Å². The van der Waals surface area contributed by atoms with Crippen LogP contribution < -0.4 is 4.72 Å². The molecule has 1 aromatic carbocycles. The topological polar surface area (TPSA) is 92.5 Å². The van der Waals surface area contributed by atoms with Gasteiger partial charge in [-0.25, -0.2) is 4.72 Å².